The smallest absolute Gasteiger partial charge is 0.0920 e. The third-order valence-electron chi connectivity index (χ3n) is 3.43. The molecule has 0 aliphatic carbocycles. The zero-order valence-electron chi connectivity index (χ0n) is 10.00. The standard InChI is InChI=1S/C14H21NO/c1-2-4-12-5-3-6-13(11-12)14(16)7-9-15-10-8-14/h3,5-6,11,15-16H,2,4,7-10H2,1H3. The Bertz CT molecular complexity index is 342. The second-order valence-corrected chi connectivity index (χ2v) is 4.73. The summed E-state index contributed by atoms with van der Waals surface area (Å²) in [6.07, 6.45) is 3.90. The molecule has 0 bridgehead atoms. The zero-order chi connectivity index (χ0) is 11.4. The molecule has 2 heteroatoms. The molecule has 2 nitrogen and oxygen atoms in total. The molecule has 1 saturated heterocycles. The molecule has 2 rings (SSSR count). The number of benzene rings is 1. The van der Waals surface area contributed by atoms with Crippen molar-refractivity contribution >= 4 is 0 Å². The maximum Gasteiger partial charge on any atom is 0.0920 e. The summed E-state index contributed by atoms with van der Waals surface area (Å²) < 4.78 is 0. The Morgan fingerprint density at radius 2 is 2.06 bits per heavy atom. The van der Waals surface area contributed by atoms with Crippen molar-refractivity contribution < 1.29 is 5.11 Å². The van der Waals surface area contributed by atoms with Crippen LogP contribution in [0.4, 0.5) is 0 Å². The highest BCUT2D eigenvalue weighted by atomic mass is 16.3. The van der Waals surface area contributed by atoms with Gasteiger partial charge in [-0.15, -0.1) is 0 Å². The molecule has 1 aromatic carbocycles. The maximum atomic E-state index is 10.6. The van der Waals surface area contributed by atoms with Crippen LogP contribution in [-0.2, 0) is 12.0 Å². The molecule has 2 N–H and O–H groups in total. The summed E-state index contributed by atoms with van der Waals surface area (Å²) in [4.78, 5) is 0. The summed E-state index contributed by atoms with van der Waals surface area (Å²) in [7, 11) is 0. The largest absolute Gasteiger partial charge is 0.385 e. The van der Waals surface area contributed by atoms with E-state index < -0.39 is 5.60 Å². The van der Waals surface area contributed by atoms with Gasteiger partial charge in [-0.05, 0) is 43.5 Å². The first-order valence-electron chi connectivity index (χ1n) is 6.27. The third-order valence-corrected chi connectivity index (χ3v) is 3.43. The minimum Gasteiger partial charge on any atom is -0.385 e. The summed E-state index contributed by atoms with van der Waals surface area (Å²) in [5, 5.41) is 13.9. The molecule has 1 fully saturated rings. The van der Waals surface area contributed by atoms with Crippen molar-refractivity contribution in [1.29, 1.82) is 0 Å². The van der Waals surface area contributed by atoms with Crippen LogP contribution in [0.2, 0.25) is 0 Å². The van der Waals surface area contributed by atoms with Crippen molar-refractivity contribution in [2.45, 2.75) is 38.2 Å². The SMILES string of the molecule is CCCc1cccc(C2(O)CCNCC2)c1. The number of aryl methyl sites for hydroxylation is 1. The van der Waals surface area contributed by atoms with Crippen LogP contribution in [0.5, 0.6) is 0 Å². The molecule has 88 valence electrons. The number of hydrogen-bond donors (Lipinski definition) is 2. The molecular weight excluding hydrogens is 198 g/mol. The van der Waals surface area contributed by atoms with Gasteiger partial charge in [0, 0.05) is 0 Å². The molecule has 1 aliphatic rings. The van der Waals surface area contributed by atoms with E-state index >= 15 is 0 Å². The molecule has 0 saturated carbocycles. The van der Waals surface area contributed by atoms with Crippen LogP contribution in [-0.4, -0.2) is 18.2 Å². The minimum absolute atomic E-state index is 0.602. The lowest BCUT2D eigenvalue weighted by Gasteiger charge is -2.33. The van der Waals surface area contributed by atoms with E-state index in [0.717, 1.165) is 44.3 Å². The molecule has 1 aliphatic heterocycles. The van der Waals surface area contributed by atoms with E-state index in [-0.39, 0.29) is 0 Å². The van der Waals surface area contributed by atoms with Crippen LogP contribution in [0.25, 0.3) is 0 Å². The van der Waals surface area contributed by atoms with Gasteiger partial charge in [-0.3, -0.25) is 0 Å². The van der Waals surface area contributed by atoms with E-state index in [9.17, 15) is 5.11 Å². The van der Waals surface area contributed by atoms with Crippen LogP contribution < -0.4 is 5.32 Å². The minimum atomic E-state index is -0.602. The quantitative estimate of drug-likeness (QED) is 0.817. The first-order chi connectivity index (χ1) is 7.74. The second kappa shape index (κ2) is 4.98. The van der Waals surface area contributed by atoms with E-state index in [4.69, 9.17) is 0 Å². The first kappa shape index (κ1) is 11.6. The van der Waals surface area contributed by atoms with Gasteiger partial charge >= 0.3 is 0 Å². The molecule has 16 heavy (non-hydrogen) atoms. The number of piperidine rings is 1. The average molecular weight is 219 g/mol. The predicted octanol–water partition coefficient (Wildman–Crippen LogP) is 2.21. The first-order valence-corrected chi connectivity index (χ1v) is 6.27. The normalized spacial score (nSPS) is 19.6. The second-order valence-electron chi connectivity index (χ2n) is 4.73. The zero-order valence-corrected chi connectivity index (χ0v) is 10.00. The van der Waals surface area contributed by atoms with E-state index in [0.29, 0.717) is 0 Å². The maximum absolute atomic E-state index is 10.6. The summed E-state index contributed by atoms with van der Waals surface area (Å²) in [6.45, 7) is 4.01. The molecule has 1 heterocycles. The van der Waals surface area contributed by atoms with Crippen molar-refractivity contribution in [2.75, 3.05) is 13.1 Å². The molecule has 0 radical (unpaired) electrons. The van der Waals surface area contributed by atoms with Crippen molar-refractivity contribution in [3.8, 4) is 0 Å². The van der Waals surface area contributed by atoms with Gasteiger partial charge in [0.15, 0.2) is 0 Å². The Hall–Kier alpha value is -0.860. The molecule has 0 unspecified atom stereocenters. The molecule has 1 aromatic rings. The fourth-order valence-electron chi connectivity index (χ4n) is 2.43. The fourth-order valence-corrected chi connectivity index (χ4v) is 2.43. The lowest BCUT2D eigenvalue weighted by Crippen LogP contribution is -2.39. The lowest BCUT2D eigenvalue weighted by atomic mass is 9.84. The van der Waals surface area contributed by atoms with Gasteiger partial charge in [-0.2, -0.15) is 0 Å². The van der Waals surface area contributed by atoms with Crippen molar-refractivity contribution in [3.05, 3.63) is 35.4 Å². The Morgan fingerprint density at radius 1 is 1.31 bits per heavy atom. The monoisotopic (exact) mass is 219 g/mol. The Morgan fingerprint density at radius 3 is 2.75 bits per heavy atom. The van der Waals surface area contributed by atoms with Crippen molar-refractivity contribution in [2.24, 2.45) is 0 Å². The van der Waals surface area contributed by atoms with Gasteiger partial charge in [0.1, 0.15) is 0 Å². The van der Waals surface area contributed by atoms with Crippen LogP contribution >= 0.6 is 0 Å². The van der Waals surface area contributed by atoms with E-state index in [2.05, 4.69) is 36.5 Å². The number of nitrogens with one attached hydrogen (secondary N) is 1. The number of rotatable bonds is 3. The predicted molar refractivity (Wildman–Crippen MR) is 66.4 cm³/mol. The van der Waals surface area contributed by atoms with Crippen LogP contribution in [0.15, 0.2) is 24.3 Å². The number of hydrogen-bond acceptors (Lipinski definition) is 2. The summed E-state index contributed by atoms with van der Waals surface area (Å²) in [5.41, 5.74) is 1.83. The summed E-state index contributed by atoms with van der Waals surface area (Å²) in [5.74, 6) is 0. The van der Waals surface area contributed by atoms with E-state index in [1.165, 1.54) is 5.56 Å². The Labute approximate surface area is 97.7 Å². The van der Waals surface area contributed by atoms with Gasteiger partial charge < -0.3 is 10.4 Å². The van der Waals surface area contributed by atoms with Gasteiger partial charge in [0.25, 0.3) is 0 Å². The van der Waals surface area contributed by atoms with E-state index in [1.54, 1.807) is 0 Å². The molecular formula is C14H21NO. The van der Waals surface area contributed by atoms with Crippen molar-refractivity contribution in [3.63, 3.8) is 0 Å². The van der Waals surface area contributed by atoms with Gasteiger partial charge in [-0.25, -0.2) is 0 Å². The van der Waals surface area contributed by atoms with E-state index in [1.807, 2.05) is 0 Å². The molecule has 0 amide bonds. The molecule has 0 aromatic heterocycles. The molecule has 0 atom stereocenters. The Balaban J connectivity index is 2.21. The highest BCUT2D eigenvalue weighted by molar-refractivity contribution is 5.29. The number of aliphatic hydroxyl groups is 1. The van der Waals surface area contributed by atoms with Crippen LogP contribution in [0.3, 0.4) is 0 Å². The van der Waals surface area contributed by atoms with Gasteiger partial charge in [0.2, 0.25) is 0 Å². The van der Waals surface area contributed by atoms with Crippen molar-refractivity contribution in [1.82, 2.24) is 5.32 Å². The summed E-state index contributed by atoms with van der Waals surface area (Å²) in [6, 6.07) is 8.46. The fraction of sp³-hybridized carbons (Fsp3) is 0.571. The van der Waals surface area contributed by atoms with Crippen LogP contribution in [0, 0.1) is 0 Å². The topological polar surface area (TPSA) is 32.3 Å². The highest BCUT2D eigenvalue weighted by Gasteiger charge is 2.30. The average Bonchev–Trinajstić information content (AvgIpc) is 2.31. The third kappa shape index (κ3) is 2.45. The van der Waals surface area contributed by atoms with Gasteiger partial charge in [0.05, 0.1) is 5.60 Å². The highest BCUT2D eigenvalue weighted by Crippen LogP contribution is 2.30. The summed E-state index contributed by atoms with van der Waals surface area (Å²) >= 11 is 0. The molecule has 0 spiro atoms. The van der Waals surface area contributed by atoms with Crippen LogP contribution in [0.1, 0.15) is 37.3 Å². The Kier molecular flexibility index (Phi) is 3.62. The lowest BCUT2D eigenvalue weighted by molar-refractivity contribution is 0.00587. The van der Waals surface area contributed by atoms with Gasteiger partial charge in [-0.1, -0.05) is 37.6 Å².